The van der Waals surface area contributed by atoms with Gasteiger partial charge in [-0.25, -0.2) is 4.98 Å². The lowest BCUT2D eigenvalue weighted by atomic mass is 10.1. The van der Waals surface area contributed by atoms with Gasteiger partial charge >= 0.3 is 0 Å². The fourth-order valence-corrected chi connectivity index (χ4v) is 3.32. The molecule has 2 aliphatic rings. The summed E-state index contributed by atoms with van der Waals surface area (Å²) in [6.45, 7) is 1.35. The van der Waals surface area contributed by atoms with E-state index in [4.69, 9.17) is 10.5 Å². The fourth-order valence-electron chi connectivity index (χ4n) is 3.32. The summed E-state index contributed by atoms with van der Waals surface area (Å²) in [5.41, 5.74) is 7.25. The lowest BCUT2D eigenvalue weighted by Crippen LogP contribution is -2.45. The van der Waals surface area contributed by atoms with Crippen molar-refractivity contribution in [3.05, 3.63) is 35.9 Å². The Morgan fingerprint density at radius 3 is 2.71 bits per heavy atom. The molecule has 0 saturated carbocycles. The molecule has 5 nitrogen and oxygen atoms in total. The summed E-state index contributed by atoms with van der Waals surface area (Å²) >= 11 is 0. The molecule has 1 aromatic heterocycles. The number of nitrogen functional groups attached to an aromatic ring is 1. The molecule has 3 heterocycles. The summed E-state index contributed by atoms with van der Waals surface area (Å²) < 4.78 is 5.79. The summed E-state index contributed by atoms with van der Waals surface area (Å²) in [4.78, 5) is 19.1. The number of nitrogens with zero attached hydrogens (tertiary/aromatic N) is 2. The molecule has 2 atom stereocenters. The van der Waals surface area contributed by atoms with Crippen molar-refractivity contribution < 1.29 is 9.53 Å². The van der Waals surface area contributed by atoms with Gasteiger partial charge in [-0.15, -0.1) is 0 Å². The second-order valence-electron chi connectivity index (χ2n) is 5.78. The molecule has 0 radical (unpaired) electrons. The molecular weight excluding hydrogens is 266 g/mol. The Labute approximate surface area is 122 Å². The number of pyridine rings is 1. The maximum Gasteiger partial charge on any atom is 0.254 e. The summed E-state index contributed by atoms with van der Waals surface area (Å²) in [6.07, 6.45) is 2.48. The third kappa shape index (κ3) is 2.14. The molecule has 2 aromatic rings. The number of rotatable bonds is 1. The van der Waals surface area contributed by atoms with Crippen molar-refractivity contribution >= 4 is 22.6 Å². The summed E-state index contributed by atoms with van der Waals surface area (Å²) in [6, 6.07) is 9.30. The average molecular weight is 283 g/mol. The van der Waals surface area contributed by atoms with Gasteiger partial charge in [0, 0.05) is 18.5 Å². The van der Waals surface area contributed by atoms with E-state index in [-0.39, 0.29) is 18.1 Å². The highest BCUT2D eigenvalue weighted by atomic mass is 16.5. The first-order valence-electron chi connectivity index (χ1n) is 7.31. The summed E-state index contributed by atoms with van der Waals surface area (Å²) in [5.74, 6) is 0.411. The summed E-state index contributed by atoms with van der Waals surface area (Å²) in [5, 5.41) is 0.857. The van der Waals surface area contributed by atoms with Crippen LogP contribution in [0.15, 0.2) is 30.3 Å². The van der Waals surface area contributed by atoms with E-state index in [2.05, 4.69) is 4.98 Å². The zero-order chi connectivity index (χ0) is 14.4. The van der Waals surface area contributed by atoms with Crippen LogP contribution < -0.4 is 5.73 Å². The maximum atomic E-state index is 12.9. The van der Waals surface area contributed by atoms with Gasteiger partial charge < -0.3 is 15.4 Å². The average Bonchev–Trinajstić information content (AvgIpc) is 2.84. The molecule has 2 aliphatic heterocycles. The standard InChI is InChI=1S/C16H17N3O2/c17-15-7-13(12-3-1-2-4-14(12)18-15)16(20)19-8-10-5-6-11(9-19)21-10/h1-4,7,10-11H,5-6,8-9H2,(H2,17,18). The van der Waals surface area contributed by atoms with E-state index >= 15 is 0 Å². The lowest BCUT2D eigenvalue weighted by molar-refractivity contribution is -0.0302. The molecule has 2 fully saturated rings. The number of para-hydroxylation sites is 1. The van der Waals surface area contributed by atoms with Gasteiger partial charge in [0.2, 0.25) is 0 Å². The number of nitrogens with two attached hydrogens (primary N) is 1. The number of ether oxygens (including phenoxy) is 1. The normalized spacial score (nSPS) is 24.5. The molecule has 2 saturated heterocycles. The minimum atomic E-state index is 0.0282. The highest BCUT2D eigenvalue weighted by Gasteiger charge is 2.36. The van der Waals surface area contributed by atoms with Crippen molar-refractivity contribution in [1.82, 2.24) is 9.88 Å². The Morgan fingerprint density at radius 2 is 1.95 bits per heavy atom. The number of morpholine rings is 1. The van der Waals surface area contributed by atoms with E-state index < -0.39 is 0 Å². The van der Waals surface area contributed by atoms with Crippen molar-refractivity contribution in [3.8, 4) is 0 Å². The smallest absolute Gasteiger partial charge is 0.254 e. The van der Waals surface area contributed by atoms with Crippen LogP contribution in [0.25, 0.3) is 10.9 Å². The van der Waals surface area contributed by atoms with E-state index in [1.807, 2.05) is 29.2 Å². The highest BCUT2D eigenvalue weighted by molar-refractivity contribution is 6.06. The Morgan fingerprint density at radius 1 is 1.24 bits per heavy atom. The van der Waals surface area contributed by atoms with Crippen LogP contribution in [-0.2, 0) is 4.74 Å². The highest BCUT2D eigenvalue weighted by Crippen LogP contribution is 2.28. The van der Waals surface area contributed by atoms with Crippen molar-refractivity contribution in [2.24, 2.45) is 0 Å². The number of fused-ring (bicyclic) bond motifs is 3. The molecule has 1 aromatic carbocycles. The minimum Gasteiger partial charge on any atom is -0.384 e. The number of benzene rings is 1. The van der Waals surface area contributed by atoms with Crippen molar-refractivity contribution in [3.63, 3.8) is 0 Å². The molecule has 5 heteroatoms. The number of carbonyl (C=O) groups is 1. The number of amides is 1. The molecule has 21 heavy (non-hydrogen) atoms. The van der Waals surface area contributed by atoms with Crippen LogP contribution in [-0.4, -0.2) is 41.1 Å². The van der Waals surface area contributed by atoms with Crippen molar-refractivity contribution in [2.45, 2.75) is 25.0 Å². The van der Waals surface area contributed by atoms with Gasteiger partial charge in [0.1, 0.15) is 5.82 Å². The first-order valence-corrected chi connectivity index (χ1v) is 7.31. The van der Waals surface area contributed by atoms with E-state index in [1.165, 1.54) is 0 Å². The first-order chi connectivity index (χ1) is 10.2. The first kappa shape index (κ1) is 12.6. The van der Waals surface area contributed by atoms with Gasteiger partial charge in [0.05, 0.1) is 23.3 Å². The molecule has 4 rings (SSSR count). The number of aromatic nitrogens is 1. The maximum absolute atomic E-state index is 12.9. The van der Waals surface area contributed by atoms with Crippen LogP contribution in [0.3, 0.4) is 0 Å². The van der Waals surface area contributed by atoms with Crippen molar-refractivity contribution in [1.29, 1.82) is 0 Å². The number of carbonyl (C=O) groups excluding carboxylic acids is 1. The van der Waals surface area contributed by atoms with E-state index in [0.29, 0.717) is 24.5 Å². The SMILES string of the molecule is Nc1cc(C(=O)N2CC3CCC(C2)O3)c2ccccc2n1. The Hall–Kier alpha value is -2.14. The molecule has 108 valence electrons. The third-order valence-electron chi connectivity index (χ3n) is 4.30. The number of anilines is 1. The predicted molar refractivity (Wildman–Crippen MR) is 80.0 cm³/mol. The second-order valence-corrected chi connectivity index (χ2v) is 5.78. The van der Waals surface area contributed by atoms with Crippen LogP contribution in [0.2, 0.25) is 0 Å². The number of likely N-dealkylation sites (tertiary alicyclic amines) is 1. The quantitative estimate of drug-likeness (QED) is 0.866. The molecule has 2 N–H and O–H groups in total. The number of hydrogen-bond acceptors (Lipinski definition) is 4. The Kier molecular flexibility index (Phi) is 2.82. The predicted octanol–water partition coefficient (Wildman–Crippen LogP) is 1.82. The van der Waals surface area contributed by atoms with Crippen molar-refractivity contribution in [2.75, 3.05) is 18.8 Å². The fraction of sp³-hybridized carbons (Fsp3) is 0.375. The Bertz CT molecular complexity index is 704. The zero-order valence-electron chi connectivity index (χ0n) is 11.7. The van der Waals surface area contributed by atoms with Gasteiger partial charge in [-0.2, -0.15) is 0 Å². The summed E-state index contributed by atoms with van der Waals surface area (Å²) in [7, 11) is 0. The topological polar surface area (TPSA) is 68.5 Å². The molecular formula is C16H17N3O2. The van der Waals surface area contributed by atoms with E-state index in [0.717, 1.165) is 23.7 Å². The number of hydrogen-bond donors (Lipinski definition) is 1. The van der Waals surface area contributed by atoms with Crippen LogP contribution >= 0.6 is 0 Å². The van der Waals surface area contributed by atoms with Crippen LogP contribution in [0.5, 0.6) is 0 Å². The van der Waals surface area contributed by atoms with Gasteiger partial charge in [-0.3, -0.25) is 4.79 Å². The van der Waals surface area contributed by atoms with Gasteiger partial charge in [-0.05, 0) is 25.0 Å². The molecule has 1 amide bonds. The van der Waals surface area contributed by atoms with Crippen LogP contribution in [0, 0.1) is 0 Å². The Balaban J connectivity index is 1.74. The molecule has 0 spiro atoms. The third-order valence-corrected chi connectivity index (χ3v) is 4.30. The van der Waals surface area contributed by atoms with Gasteiger partial charge in [-0.1, -0.05) is 18.2 Å². The van der Waals surface area contributed by atoms with Crippen LogP contribution in [0.4, 0.5) is 5.82 Å². The zero-order valence-corrected chi connectivity index (χ0v) is 11.7. The minimum absolute atomic E-state index is 0.0282. The van der Waals surface area contributed by atoms with E-state index in [1.54, 1.807) is 6.07 Å². The monoisotopic (exact) mass is 283 g/mol. The molecule has 0 aliphatic carbocycles. The van der Waals surface area contributed by atoms with Gasteiger partial charge in [0.15, 0.2) is 0 Å². The second kappa shape index (κ2) is 4.70. The van der Waals surface area contributed by atoms with Crippen LogP contribution in [0.1, 0.15) is 23.2 Å². The molecule has 2 unspecified atom stereocenters. The van der Waals surface area contributed by atoms with E-state index in [9.17, 15) is 4.79 Å². The largest absolute Gasteiger partial charge is 0.384 e. The molecule has 2 bridgehead atoms. The van der Waals surface area contributed by atoms with Gasteiger partial charge in [0.25, 0.3) is 5.91 Å². The lowest BCUT2D eigenvalue weighted by Gasteiger charge is -2.32.